The molecule has 4 nitrogen and oxygen atoms in total. The highest BCUT2D eigenvalue weighted by Gasteiger charge is 2.19. The van der Waals surface area contributed by atoms with Gasteiger partial charge in [0.2, 0.25) is 0 Å². The fourth-order valence-electron chi connectivity index (χ4n) is 1.81. The average Bonchev–Trinajstić information content (AvgIpc) is 2.77. The summed E-state index contributed by atoms with van der Waals surface area (Å²) < 4.78 is 32.2. The second kappa shape index (κ2) is 5.55. The largest absolute Gasteiger partial charge is 0.444 e. The van der Waals surface area contributed by atoms with Crippen LogP contribution in [0.5, 0.6) is 0 Å². The quantitative estimate of drug-likeness (QED) is 0.867. The van der Waals surface area contributed by atoms with Gasteiger partial charge in [-0.15, -0.1) is 0 Å². The predicted octanol–water partition coefficient (Wildman–Crippen LogP) is 4.31. The van der Waals surface area contributed by atoms with Gasteiger partial charge in [0.25, 0.3) is 0 Å². The summed E-state index contributed by atoms with van der Waals surface area (Å²) in [6, 6.07) is 3.14. The van der Waals surface area contributed by atoms with E-state index in [2.05, 4.69) is 10.3 Å². The number of hydrogen-bond donors (Lipinski definition) is 2. The number of amides is 1. The van der Waals surface area contributed by atoms with Crippen LogP contribution in [0, 0.1) is 11.6 Å². The zero-order valence-electron chi connectivity index (χ0n) is 12.0. The van der Waals surface area contributed by atoms with Crippen molar-refractivity contribution >= 4 is 11.8 Å². The number of carbonyl (C=O) groups is 1. The molecular formula is C15H16F2N2O2. The Morgan fingerprint density at radius 2 is 1.90 bits per heavy atom. The van der Waals surface area contributed by atoms with Crippen molar-refractivity contribution in [1.82, 2.24) is 4.98 Å². The van der Waals surface area contributed by atoms with Gasteiger partial charge in [0.15, 0.2) is 0 Å². The summed E-state index contributed by atoms with van der Waals surface area (Å²) in [6.07, 6.45) is 2.29. The van der Waals surface area contributed by atoms with Gasteiger partial charge in [-0.3, -0.25) is 5.32 Å². The molecule has 2 N–H and O–H groups in total. The molecule has 0 radical (unpaired) electrons. The Kier molecular flexibility index (Phi) is 3.97. The first-order chi connectivity index (χ1) is 9.76. The number of H-pyrrole nitrogens is 1. The fraction of sp³-hybridized carbons (Fsp3) is 0.267. The second-order valence-corrected chi connectivity index (χ2v) is 5.53. The van der Waals surface area contributed by atoms with Gasteiger partial charge in [0, 0.05) is 23.5 Å². The van der Waals surface area contributed by atoms with E-state index in [9.17, 15) is 13.6 Å². The van der Waals surface area contributed by atoms with E-state index in [-0.39, 0.29) is 5.56 Å². The Balaban J connectivity index is 2.27. The molecular weight excluding hydrogens is 278 g/mol. The first-order valence-corrected chi connectivity index (χ1v) is 6.38. The maximum atomic E-state index is 13.8. The van der Waals surface area contributed by atoms with Crippen molar-refractivity contribution in [2.75, 3.05) is 5.32 Å². The van der Waals surface area contributed by atoms with Crippen LogP contribution in [0.3, 0.4) is 0 Å². The summed E-state index contributed by atoms with van der Waals surface area (Å²) in [5.74, 6) is -1.14. The van der Waals surface area contributed by atoms with E-state index in [1.807, 2.05) is 0 Å². The molecule has 6 heteroatoms. The number of carbonyl (C=O) groups excluding carboxylic acids is 1. The molecule has 0 aliphatic carbocycles. The van der Waals surface area contributed by atoms with Crippen molar-refractivity contribution in [3.63, 3.8) is 0 Å². The second-order valence-electron chi connectivity index (χ2n) is 5.53. The van der Waals surface area contributed by atoms with E-state index in [4.69, 9.17) is 4.74 Å². The van der Waals surface area contributed by atoms with Crippen LogP contribution in [-0.2, 0) is 4.74 Å². The normalized spacial score (nSPS) is 11.3. The Morgan fingerprint density at radius 1 is 1.19 bits per heavy atom. The fourth-order valence-corrected chi connectivity index (χ4v) is 1.81. The lowest BCUT2D eigenvalue weighted by molar-refractivity contribution is 0.0636. The minimum Gasteiger partial charge on any atom is -0.444 e. The highest BCUT2D eigenvalue weighted by atomic mass is 19.1. The van der Waals surface area contributed by atoms with Crippen LogP contribution in [0.4, 0.5) is 19.3 Å². The maximum Gasteiger partial charge on any atom is 0.412 e. The number of benzene rings is 1. The predicted molar refractivity (Wildman–Crippen MR) is 76.0 cm³/mol. The van der Waals surface area contributed by atoms with E-state index >= 15 is 0 Å². The molecule has 2 aromatic rings. The minimum absolute atomic E-state index is 0.0577. The lowest BCUT2D eigenvalue weighted by Crippen LogP contribution is -2.27. The first kappa shape index (κ1) is 15.0. The number of nitrogens with one attached hydrogen (secondary N) is 2. The summed E-state index contributed by atoms with van der Waals surface area (Å²) in [5, 5.41) is 2.51. The highest BCUT2D eigenvalue weighted by molar-refractivity contribution is 5.91. The number of aromatic nitrogens is 1. The number of halogens is 2. The van der Waals surface area contributed by atoms with Gasteiger partial charge in [-0.05, 0) is 39.0 Å². The third-order valence-electron chi connectivity index (χ3n) is 2.60. The molecule has 0 fully saturated rings. The lowest BCUT2D eigenvalue weighted by atomic mass is 10.1. The van der Waals surface area contributed by atoms with Crippen LogP contribution in [-0.4, -0.2) is 16.7 Å². The van der Waals surface area contributed by atoms with Crippen LogP contribution >= 0.6 is 0 Å². The van der Waals surface area contributed by atoms with Gasteiger partial charge in [-0.2, -0.15) is 0 Å². The maximum absolute atomic E-state index is 13.8. The number of aromatic amines is 1. The molecule has 112 valence electrons. The van der Waals surface area contributed by atoms with Crippen molar-refractivity contribution in [3.05, 3.63) is 42.2 Å². The highest BCUT2D eigenvalue weighted by Crippen LogP contribution is 2.30. The van der Waals surface area contributed by atoms with E-state index in [0.29, 0.717) is 11.3 Å². The summed E-state index contributed by atoms with van der Waals surface area (Å²) in [7, 11) is 0. The molecule has 0 saturated carbocycles. The van der Waals surface area contributed by atoms with E-state index < -0.39 is 23.3 Å². The van der Waals surface area contributed by atoms with Gasteiger partial charge < -0.3 is 9.72 Å². The molecule has 1 amide bonds. The first-order valence-electron chi connectivity index (χ1n) is 6.38. The van der Waals surface area contributed by atoms with Crippen LogP contribution in [0.25, 0.3) is 11.1 Å². The lowest BCUT2D eigenvalue weighted by Gasteiger charge is -2.19. The number of hydrogen-bond acceptors (Lipinski definition) is 2. The molecule has 0 aliphatic heterocycles. The standard InChI is InChI=1S/C15H16F2N2O2/c1-15(2,3)21-14(20)19-13-8-18-7-11(13)10-6-9(16)4-5-12(10)17/h4-8,18H,1-3H3,(H,19,20). The van der Waals surface area contributed by atoms with Crippen molar-refractivity contribution in [1.29, 1.82) is 0 Å². The van der Waals surface area contributed by atoms with Crippen LogP contribution in [0.1, 0.15) is 20.8 Å². The SMILES string of the molecule is CC(C)(C)OC(=O)Nc1c[nH]cc1-c1cc(F)ccc1F. The zero-order chi connectivity index (χ0) is 15.6. The summed E-state index contributed by atoms with van der Waals surface area (Å²) >= 11 is 0. The Labute approximate surface area is 121 Å². The van der Waals surface area contributed by atoms with Crippen molar-refractivity contribution < 1.29 is 18.3 Å². The minimum atomic E-state index is -0.667. The molecule has 1 aromatic heterocycles. The molecule has 0 bridgehead atoms. The number of anilines is 1. The van der Waals surface area contributed by atoms with Gasteiger partial charge in [0.1, 0.15) is 17.2 Å². The zero-order valence-corrected chi connectivity index (χ0v) is 12.0. The molecule has 0 spiro atoms. The van der Waals surface area contributed by atoms with E-state index in [0.717, 1.165) is 18.2 Å². The molecule has 21 heavy (non-hydrogen) atoms. The van der Waals surface area contributed by atoms with Gasteiger partial charge >= 0.3 is 6.09 Å². The van der Waals surface area contributed by atoms with Crippen LogP contribution < -0.4 is 5.32 Å². The number of ether oxygens (including phenoxy) is 1. The molecule has 0 aliphatic rings. The van der Waals surface area contributed by atoms with Gasteiger partial charge in [0.05, 0.1) is 5.69 Å². The van der Waals surface area contributed by atoms with Crippen LogP contribution in [0.15, 0.2) is 30.6 Å². The van der Waals surface area contributed by atoms with Crippen molar-refractivity contribution in [3.8, 4) is 11.1 Å². The summed E-state index contributed by atoms with van der Waals surface area (Å²) in [6.45, 7) is 5.20. The molecule has 2 rings (SSSR count). The summed E-state index contributed by atoms with van der Waals surface area (Å²) in [4.78, 5) is 14.5. The molecule has 0 saturated heterocycles. The average molecular weight is 294 g/mol. The third-order valence-corrected chi connectivity index (χ3v) is 2.60. The Bertz CT molecular complexity index is 660. The van der Waals surface area contributed by atoms with Gasteiger partial charge in [-0.25, -0.2) is 13.6 Å². The van der Waals surface area contributed by atoms with E-state index in [1.54, 1.807) is 20.8 Å². The monoisotopic (exact) mass is 294 g/mol. The molecule has 0 unspecified atom stereocenters. The summed E-state index contributed by atoms with van der Waals surface area (Å²) in [5.41, 5.74) is 0.0684. The van der Waals surface area contributed by atoms with Crippen LogP contribution in [0.2, 0.25) is 0 Å². The Hall–Kier alpha value is -2.37. The van der Waals surface area contributed by atoms with E-state index in [1.165, 1.54) is 12.4 Å². The molecule has 1 heterocycles. The van der Waals surface area contributed by atoms with Gasteiger partial charge in [-0.1, -0.05) is 0 Å². The molecule has 0 atom stereocenters. The smallest absolute Gasteiger partial charge is 0.412 e. The van der Waals surface area contributed by atoms with Crippen molar-refractivity contribution in [2.45, 2.75) is 26.4 Å². The Morgan fingerprint density at radius 3 is 2.57 bits per heavy atom. The third kappa shape index (κ3) is 3.81. The topological polar surface area (TPSA) is 54.1 Å². The van der Waals surface area contributed by atoms with Crippen molar-refractivity contribution in [2.24, 2.45) is 0 Å². The molecule has 1 aromatic carbocycles. The number of rotatable bonds is 2.